The maximum Gasteiger partial charge on any atom is 0.259 e. The highest BCUT2D eigenvalue weighted by Gasteiger charge is 2.22. The number of nitrogens with zero attached hydrogens (tertiary/aromatic N) is 2. The van der Waals surface area contributed by atoms with E-state index in [9.17, 15) is 14.0 Å². The number of aromatic nitrogens is 1. The minimum Gasteiger partial charge on any atom is -0.494 e. The van der Waals surface area contributed by atoms with E-state index in [0.717, 1.165) is 12.5 Å². The van der Waals surface area contributed by atoms with Crippen LogP contribution in [0.15, 0.2) is 48.7 Å². The lowest BCUT2D eigenvalue weighted by Crippen LogP contribution is -2.27. The average molecular weight is 522 g/mol. The number of terminal acetylenes is 1. The Hall–Kier alpha value is -4.42. The number of benzene rings is 2. The Labute approximate surface area is 219 Å². The van der Waals surface area contributed by atoms with Crippen LogP contribution in [0.25, 0.3) is 0 Å². The molecule has 0 radical (unpaired) electrons. The van der Waals surface area contributed by atoms with Crippen molar-refractivity contribution < 1.29 is 18.7 Å². The first-order chi connectivity index (χ1) is 17.7. The van der Waals surface area contributed by atoms with Crippen LogP contribution in [-0.4, -0.2) is 48.2 Å². The van der Waals surface area contributed by atoms with Crippen molar-refractivity contribution in [3.63, 3.8) is 0 Å². The van der Waals surface area contributed by atoms with Crippen molar-refractivity contribution in [2.24, 2.45) is 0 Å². The number of pyridine rings is 1. The van der Waals surface area contributed by atoms with Crippen molar-refractivity contribution in [2.75, 3.05) is 31.3 Å². The second kappa shape index (κ2) is 12.0. The van der Waals surface area contributed by atoms with Crippen LogP contribution in [-0.2, 0) is 0 Å². The summed E-state index contributed by atoms with van der Waals surface area (Å²) < 4.78 is 20.3. The third-order valence-corrected chi connectivity index (χ3v) is 5.59. The topological polar surface area (TPSA) is 107 Å². The molecular weight excluding hydrogens is 497 g/mol. The fraction of sp³-hybridized carbons (Fsp3) is 0.185. The number of ether oxygens (including phenoxy) is 1. The fourth-order valence-electron chi connectivity index (χ4n) is 3.48. The van der Waals surface area contributed by atoms with E-state index < -0.39 is 17.6 Å². The molecule has 0 aliphatic rings. The molecule has 2 amide bonds. The maximum atomic E-state index is 14.9. The third-order valence-electron chi connectivity index (χ3n) is 5.37. The predicted molar refractivity (Wildman–Crippen MR) is 142 cm³/mol. The van der Waals surface area contributed by atoms with E-state index in [-0.39, 0.29) is 39.2 Å². The summed E-state index contributed by atoms with van der Waals surface area (Å²) in [5.41, 5.74) is 0.562. The number of hydrogen-bond donors (Lipinski definition) is 3. The van der Waals surface area contributed by atoms with E-state index in [0.29, 0.717) is 17.7 Å². The molecule has 37 heavy (non-hydrogen) atoms. The lowest BCUT2D eigenvalue weighted by Gasteiger charge is -2.19. The molecule has 0 unspecified atom stereocenters. The number of hydrogen-bond acceptors (Lipinski definition) is 5. The summed E-state index contributed by atoms with van der Waals surface area (Å²) in [7, 11) is 3.08. The normalized spacial score (nSPS) is 10.3. The number of anilines is 2. The minimum absolute atomic E-state index is 0.00598. The van der Waals surface area contributed by atoms with Crippen molar-refractivity contribution in [3.05, 3.63) is 81.8 Å². The quantitative estimate of drug-likeness (QED) is 0.219. The summed E-state index contributed by atoms with van der Waals surface area (Å²) in [5.74, 6) is 0.612. The fourth-order valence-corrected chi connectivity index (χ4v) is 3.69. The van der Waals surface area contributed by atoms with Gasteiger partial charge in [-0.3, -0.25) is 15.0 Å². The number of rotatable bonds is 8. The molecule has 0 spiro atoms. The number of carbonyl (C=O) groups is 2. The van der Waals surface area contributed by atoms with Gasteiger partial charge in [-0.2, -0.15) is 0 Å². The molecule has 10 heteroatoms. The van der Waals surface area contributed by atoms with Crippen LogP contribution in [0.5, 0.6) is 5.75 Å². The van der Waals surface area contributed by atoms with Gasteiger partial charge in [-0.15, -0.1) is 6.42 Å². The van der Waals surface area contributed by atoms with Crippen LogP contribution in [0.3, 0.4) is 0 Å². The van der Waals surface area contributed by atoms with Crippen molar-refractivity contribution in [1.82, 2.24) is 9.88 Å². The van der Waals surface area contributed by atoms with Crippen molar-refractivity contribution >= 4 is 40.8 Å². The first-order valence-electron chi connectivity index (χ1n) is 11.2. The highest BCUT2D eigenvalue weighted by Crippen LogP contribution is 2.33. The highest BCUT2D eigenvalue weighted by molar-refractivity contribution is 6.31. The van der Waals surface area contributed by atoms with E-state index in [1.54, 1.807) is 18.0 Å². The van der Waals surface area contributed by atoms with Gasteiger partial charge in [0.05, 0.1) is 23.9 Å². The van der Waals surface area contributed by atoms with Crippen LogP contribution in [0.2, 0.25) is 5.02 Å². The zero-order chi connectivity index (χ0) is 27.1. The number of nitrogens with one attached hydrogen (secondary N) is 3. The standard InChI is InChI=1S/C27H25ClFN5O3/c1-5-11-34(3)25(30)17-8-9-19(21(29)12-17)26(35)33-24-20(13-18(28)14-22(24)37-4)27(36)32-23-10-7-16(6-2)15-31-23/h2,7-10,12-15,30H,5,11H2,1,3-4H3,(H,33,35)(H,31,32,36). The van der Waals surface area contributed by atoms with Gasteiger partial charge in [-0.1, -0.05) is 30.5 Å². The van der Waals surface area contributed by atoms with Gasteiger partial charge in [0.15, 0.2) is 0 Å². The Balaban J connectivity index is 1.90. The van der Waals surface area contributed by atoms with Gasteiger partial charge in [0.2, 0.25) is 0 Å². The molecule has 2 aromatic carbocycles. The van der Waals surface area contributed by atoms with Crippen molar-refractivity contribution in [1.29, 1.82) is 5.41 Å². The molecule has 0 atom stereocenters. The van der Waals surface area contributed by atoms with Crippen LogP contribution in [0.1, 0.15) is 45.2 Å². The number of carbonyl (C=O) groups excluding carboxylic acids is 2. The molecule has 0 saturated heterocycles. The molecule has 0 aliphatic carbocycles. The summed E-state index contributed by atoms with van der Waals surface area (Å²) >= 11 is 6.17. The van der Waals surface area contributed by atoms with Gasteiger partial charge in [0.1, 0.15) is 23.2 Å². The number of methoxy groups -OCH3 is 1. The van der Waals surface area contributed by atoms with Crippen LogP contribution in [0, 0.1) is 23.6 Å². The molecule has 1 aromatic heterocycles. The average Bonchev–Trinajstić information content (AvgIpc) is 2.89. The summed E-state index contributed by atoms with van der Waals surface area (Å²) in [5, 5.41) is 13.6. The Morgan fingerprint density at radius 1 is 1.16 bits per heavy atom. The molecule has 3 rings (SSSR count). The van der Waals surface area contributed by atoms with Gasteiger partial charge in [-0.05, 0) is 36.8 Å². The number of halogens is 2. The van der Waals surface area contributed by atoms with Gasteiger partial charge >= 0.3 is 0 Å². The SMILES string of the molecule is C#Cc1ccc(NC(=O)c2cc(Cl)cc(OC)c2NC(=O)c2ccc(C(=N)N(C)CCC)cc2F)nc1. The van der Waals surface area contributed by atoms with Crippen LogP contribution < -0.4 is 15.4 Å². The van der Waals surface area contributed by atoms with Gasteiger partial charge in [0, 0.05) is 42.0 Å². The van der Waals surface area contributed by atoms with E-state index in [2.05, 4.69) is 21.5 Å². The molecular formula is C27H25ClFN5O3. The first kappa shape index (κ1) is 27.2. The molecule has 3 aromatic rings. The summed E-state index contributed by atoms with van der Waals surface area (Å²) in [6, 6.07) is 9.79. The Bertz CT molecular complexity index is 1390. The van der Waals surface area contributed by atoms with E-state index >= 15 is 0 Å². The van der Waals surface area contributed by atoms with Gasteiger partial charge in [-0.25, -0.2) is 9.37 Å². The highest BCUT2D eigenvalue weighted by atomic mass is 35.5. The first-order valence-corrected chi connectivity index (χ1v) is 11.6. The van der Waals surface area contributed by atoms with E-state index in [1.807, 2.05) is 6.92 Å². The summed E-state index contributed by atoms with van der Waals surface area (Å²) in [6.45, 7) is 2.61. The lowest BCUT2D eigenvalue weighted by molar-refractivity contribution is 0.102. The smallest absolute Gasteiger partial charge is 0.259 e. The van der Waals surface area contributed by atoms with E-state index in [1.165, 1.54) is 43.6 Å². The molecule has 0 fully saturated rings. The summed E-state index contributed by atoms with van der Waals surface area (Å²) in [4.78, 5) is 31.9. The Kier molecular flexibility index (Phi) is 8.82. The molecule has 3 N–H and O–H groups in total. The zero-order valence-corrected chi connectivity index (χ0v) is 21.2. The molecule has 1 heterocycles. The lowest BCUT2D eigenvalue weighted by atomic mass is 10.1. The van der Waals surface area contributed by atoms with E-state index in [4.69, 9.17) is 28.2 Å². The molecule has 8 nitrogen and oxygen atoms in total. The molecule has 0 bridgehead atoms. The zero-order valence-electron chi connectivity index (χ0n) is 20.5. The van der Waals surface area contributed by atoms with Crippen LogP contribution in [0.4, 0.5) is 15.9 Å². The number of amidine groups is 1. The van der Waals surface area contributed by atoms with Crippen LogP contribution >= 0.6 is 11.6 Å². The third kappa shape index (κ3) is 6.42. The van der Waals surface area contributed by atoms with Crippen molar-refractivity contribution in [2.45, 2.75) is 13.3 Å². The number of amides is 2. The largest absolute Gasteiger partial charge is 0.494 e. The van der Waals surface area contributed by atoms with Gasteiger partial charge < -0.3 is 20.3 Å². The second-order valence-corrected chi connectivity index (χ2v) is 8.42. The second-order valence-electron chi connectivity index (χ2n) is 7.98. The molecule has 0 aliphatic heterocycles. The monoisotopic (exact) mass is 521 g/mol. The van der Waals surface area contributed by atoms with Crippen molar-refractivity contribution in [3.8, 4) is 18.1 Å². The minimum atomic E-state index is -0.818. The molecule has 190 valence electrons. The maximum absolute atomic E-state index is 14.9. The summed E-state index contributed by atoms with van der Waals surface area (Å²) in [6.07, 6.45) is 7.57. The molecule has 0 saturated carbocycles. The Morgan fingerprint density at radius 2 is 1.89 bits per heavy atom. The Morgan fingerprint density at radius 3 is 2.49 bits per heavy atom. The van der Waals surface area contributed by atoms with Gasteiger partial charge in [0.25, 0.3) is 11.8 Å². The predicted octanol–water partition coefficient (Wildman–Crippen LogP) is 5.04.